The summed E-state index contributed by atoms with van der Waals surface area (Å²) in [6.45, 7) is 1.21. The molecule has 0 atom stereocenters. The highest BCUT2D eigenvalue weighted by atomic mass is 79.9. The lowest BCUT2D eigenvalue weighted by atomic mass is 9.85. The number of para-hydroxylation sites is 1. The van der Waals surface area contributed by atoms with Crippen LogP contribution in [0.4, 0.5) is 5.69 Å². The van der Waals surface area contributed by atoms with Crippen LogP contribution in [0, 0.1) is 5.92 Å². The standard InChI is InChI=1S/C13H18BrN/c1-15(10-11-5-4-6-11)13-8-3-2-7-12(13)9-14/h2-3,7-8,11H,4-6,9-10H2,1H3. The van der Waals surface area contributed by atoms with Gasteiger partial charge in [-0.25, -0.2) is 0 Å². The lowest BCUT2D eigenvalue weighted by Crippen LogP contribution is -2.29. The van der Waals surface area contributed by atoms with E-state index in [2.05, 4.69) is 52.1 Å². The van der Waals surface area contributed by atoms with Gasteiger partial charge in [0.15, 0.2) is 0 Å². The Morgan fingerprint density at radius 1 is 1.33 bits per heavy atom. The van der Waals surface area contributed by atoms with E-state index >= 15 is 0 Å². The first kappa shape index (κ1) is 11.0. The zero-order valence-electron chi connectivity index (χ0n) is 9.25. The van der Waals surface area contributed by atoms with E-state index in [0.717, 1.165) is 11.2 Å². The SMILES string of the molecule is CN(CC1CCC1)c1ccccc1CBr. The van der Waals surface area contributed by atoms with Crippen molar-refractivity contribution in [1.82, 2.24) is 0 Å². The van der Waals surface area contributed by atoms with Crippen molar-refractivity contribution in [1.29, 1.82) is 0 Å². The highest BCUT2D eigenvalue weighted by molar-refractivity contribution is 9.08. The number of alkyl halides is 1. The number of benzene rings is 1. The summed E-state index contributed by atoms with van der Waals surface area (Å²) >= 11 is 3.55. The molecule has 1 aliphatic rings. The quantitative estimate of drug-likeness (QED) is 0.750. The number of rotatable bonds is 4. The van der Waals surface area contributed by atoms with Gasteiger partial charge in [-0.3, -0.25) is 0 Å². The predicted molar refractivity (Wildman–Crippen MR) is 69.7 cm³/mol. The second-order valence-electron chi connectivity index (χ2n) is 4.44. The van der Waals surface area contributed by atoms with Gasteiger partial charge in [-0.05, 0) is 30.4 Å². The minimum absolute atomic E-state index is 0.929. The molecule has 0 aromatic heterocycles. The van der Waals surface area contributed by atoms with E-state index in [9.17, 15) is 0 Å². The van der Waals surface area contributed by atoms with Crippen molar-refractivity contribution in [3.8, 4) is 0 Å². The average molecular weight is 268 g/mol. The van der Waals surface area contributed by atoms with Gasteiger partial charge in [0.2, 0.25) is 0 Å². The molecule has 0 unspecified atom stereocenters. The van der Waals surface area contributed by atoms with Crippen LogP contribution in [0.15, 0.2) is 24.3 Å². The van der Waals surface area contributed by atoms with Gasteiger partial charge in [0, 0.05) is 24.6 Å². The van der Waals surface area contributed by atoms with E-state index in [1.54, 1.807) is 0 Å². The summed E-state index contributed by atoms with van der Waals surface area (Å²) in [7, 11) is 2.21. The zero-order chi connectivity index (χ0) is 10.7. The Balaban J connectivity index is 2.05. The Morgan fingerprint density at radius 2 is 2.07 bits per heavy atom. The topological polar surface area (TPSA) is 3.24 Å². The maximum atomic E-state index is 3.55. The smallest absolute Gasteiger partial charge is 0.0404 e. The maximum absolute atomic E-state index is 3.55. The second kappa shape index (κ2) is 5.02. The Labute approximate surface area is 101 Å². The van der Waals surface area contributed by atoms with Gasteiger partial charge in [0.25, 0.3) is 0 Å². The summed E-state index contributed by atoms with van der Waals surface area (Å²) in [5.74, 6) is 0.929. The van der Waals surface area contributed by atoms with Gasteiger partial charge in [0.1, 0.15) is 0 Å². The Kier molecular flexibility index (Phi) is 3.68. The highest BCUT2D eigenvalue weighted by Gasteiger charge is 2.19. The largest absolute Gasteiger partial charge is 0.374 e. The van der Waals surface area contributed by atoms with E-state index in [1.807, 2.05) is 0 Å². The Morgan fingerprint density at radius 3 is 2.67 bits per heavy atom. The first-order valence-electron chi connectivity index (χ1n) is 5.66. The van der Waals surface area contributed by atoms with Crippen LogP contribution in [-0.2, 0) is 5.33 Å². The summed E-state index contributed by atoms with van der Waals surface area (Å²) in [4.78, 5) is 2.40. The van der Waals surface area contributed by atoms with Crippen LogP contribution >= 0.6 is 15.9 Å². The molecule has 0 bridgehead atoms. The molecule has 82 valence electrons. The second-order valence-corrected chi connectivity index (χ2v) is 5.00. The minimum Gasteiger partial charge on any atom is -0.374 e. The summed E-state index contributed by atoms with van der Waals surface area (Å²) in [6.07, 6.45) is 4.26. The molecule has 0 N–H and O–H groups in total. The molecule has 0 saturated heterocycles. The normalized spacial score (nSPS) is 16.1. The molecular formula is C13H18BrN. The molecule has 0 radical (unpaired) electrons. The number of anilines is 1. The molecule has 0 amide bonds. The van der Waals surface area contributed by atoms with Crippen molar-refractivity contribution < 1.29 is 0 Å². The molecule has 2 rings (SSSR count). The lowest BCUT2D eigenvalue weighted by Gasteiger charge is -2.32. The van der Waals surface area contributed by atoms with E-state index in [0.29, 0.717) is 0 Å². The first-order valence-corrected chi connectivity index (χ1v) is 6.78. The van der Waals surface area contributed by atoms with Gasteiger partial charge in [-0.1, -0.05) is 40.5 Å². The number of hydrogen-bond acceptors (Lipinski definition) is 1. The molecule has 1 saturated carbocycles. The van der Waals surface area contributed by atoms with Crippen molar-refractivity contribution in [3.05, 3.63) is 29.8 Å². The Hall–Kier alpha value is -0.500. The summed E-state index contributed by atoms with van der Waals surface area (Å²) < 4.78 is 0. The highest BCUT2D eigenvalue weighted by Crippen LogP contribution is 2.29. The number of nitrogens with zero attached hydrogens (tertiary/aromatic N) is 1. The van der Waals surface area contributed by atoms with Gasteiger partial charge < -0.3 is 4.90 Å². The minimum atomic E-state index is 0.929. The summed E-state index contributed by atoms with van der Waals surface area (Å²) in [5, 5.41) is 0.943. The predicted octanol–water partition coefficient (Wildman–Crippen LogP) is 3.82. The molecule has 1 aliphatic carbocycles. The average Bonchev–Trinajstić information content (AvgIpc) is 2.23. The van der Waals surface area contributed by atoms with E-state index in [4.69, 9.17) is 0 Å². The fourth-order valence-corrected chi connectivity index (χ4v) is 2.63. The first-order chi connectivity index (χ1) is 7.31. The Bertz CT molecular complexity index is 320. The molecular weight excluding hydrogens is 250 g/mol. The van der Waals surface area contributed by atoms with E-state index < -0.39 is 0 Å². The maximum Gasteiger partial charge on any atom is 0.0404 e. The monoisotopic (exact) mass is 267 g/mol. The molecule has 2 heteroatoms. The van der Waals surface area contributed by atoms with Gasteiger partial charge >= 0.3 is 0 Å². The van der Waals surface area contributed by atoms with Crippen LogP contribution in [0.3, 0.4) is 0 Å². The third-order valence-corrected chi connectivity index (χ3v) is 3.91. The molecule has 1 aromatic rings. The van der Waals surface area contributed by atoms with Crippen molar-refractivity contribution in [2.24, 2.45) is 5.92 Å². The molecule has 1 aromatic carbocycles. The summed E-state index contributed by atoms with van der Waals surface area (Å²) in [6, 6.07) is 8.65. The van der Waals surface area contributed by atoms with Gasteiger partial charge in [0.05, 0.1) is 0 Å². The van der Waals surface area contributed by atoms with Crippen LogP contribution in [0.1, 0.15) is 24.8 Å². The van der Waals surface area contributed by atoms with E-state index in [1.165, 1.54) is 37.1 Å². The lowest BCUT2D eigenvalue weighted by molar-refractivity contribution is 0.321. The van der Waals surface area contributed by atoms with Crippen molar-refractivity contribution in [2.45, 2.75) is 24.6 Å². The fraction of sp³-hybridized carbons (Fsp3) is 0.538. The molecule has 1 fully saturated rings. The van der Waals surface area contributed by atoms with Crippen molar-refractivity contribution in [3.63, 3.8) is 0 Å². The van der Waals surface area contributed by atoms with Crippen molar-refractivity contribution >= 4 is 21.6 Å². The summed E-state index contributed by atoms with van der Waals surface area (Å²) in [5.41, 5.74) is 2.76. The van der Waals surface area contributed by atoms with Gasteiger partial charge in [-0.15, -0.1) is 0 Å². The van der Waals surface area contributed by atoms with Crippen LogP contribution < -0.4 is 4.90 Å². The van der Waals surface area contributed by atoms with Crippen LogP contribution in [-0.4, -0.2) is 13.6 Å². The molecule has 0 heterocycles. The van der Waals surface area contributed by atoms with Gasteiger partial charge in [-0.2, -0.15) is 0 Å². The third kappa shape index (κ3) is 2.54. The fourth-order valence-electron chi connectivity index (χ4n) is 2.16. The number of halogens is 1. The molecule has 0 spiro atoms. The van der Waals surface area contributed by atoms with Crippen molar-refractivity contribution in [2.75, 3.05) is 18.5 Å². The molecule has 1 nitrogen and oxygen atoms in total. The molecule has 15 heavy (non-hydrogen) atoms. The van der Waals surface area contributed by atoms with E-state index in [-0.39, 0.29) is 0 Å². The van der Waals surface area contributed by atoms with Crippen LogP contribution in [0.25, 0.3) is 0 Å². The third-order valence-electron chi connectivity index (χ3n) is 3.30. The zero-order valence-corrected chi connectivity index (χ0v) is 10.8. The molecule has 0 aliphatic heterocycles. The van der Waals surface area contributed by atoms with Crippen LogP contribution in [0.2, 0.25) is 0 Å². The van der Waals surface area contributed by atoms with Crippen LogP contribution in [0.5, 0.6) is 0 Å². The number of hydrogen-bond donors (Lipinski definition) is 0.